The van der Waals surface area contributed by atoms with Gasteiger partial charge in [-0.1, -0.05) is 30.3 Å². The number of hydrogen-bond acceptors (Lipinski definition) is 3. The van der Waals surface area contributed by atoms with E-state index in [9.17, 15) is 9.18 Å². The highest BCUT2D eigenvalue weighted by molar-refractivity contribution is 5.94. The molecule has 0 unspecified atom stereocenters. The normalized spacial score (nSPS) is 20.9. The molecule has 0 aliphatic carbocycles. The number of amides is 1. The van der Waals surface area contributed by atoms with Gasteiger partial charge in [-0.3, -0.25) is 9.69 Å². The quantitative estimate of drug-likeness (QED) is 0.649. The first-order chi connectivity index (χ1) is 14.6. The molecular weight excluding hydrogens is 381 g/mol. The summed E-state index contributed by atoms with van der Waals surface area (Å²) in [5.74, 6) is 0.650. The van der Waals surface area contributed by atoms with E-state index in [2.05, 4.69) is 15.5 Å². The molecule has 3 aromatic rings. The maximum atomic E-state index is 13.3. The summed E-state index contributed by atoms with van der Waals surface area (Å²) in [5.41, 5.74) is 2.80. The third-order valence-electron chi connectivity index (χ3n) is 6.20. The minimum atomic E-state index is -0.265. The molecule has 5 nitrogen and oxygen atoms in total. The Labute approximate surface area is 175 Å². The van der Waals surface area contributed by atoms with E-state index in [-0.39, 0.29) is 23.8 Å². The first-order valence-corrected chi connectivity index (χ1v) is 10.2. The molecule has 0 bridgehead atoms. The lowest BCUT2D eigenvalue weighted by Crippen LogP contribution is -2.49. The predicted molar refractivity (Wildman–Crippen MR) is 112 cm³/mol. The molecule has 0 spiro atoms. The smallest absolute Gasteiger partial charge is 0.271 e. The maximum absolute atomic E-state index is 13.3. The lowest BCUT2D eigenvalue weighted by Gasteiger charge is -2.38. The van der Waals surface area contributed by atoms with Crippen molar-refractivity contribution < 1.29 is 13.9 Å². The largest absolute Gasteiger partial charge is 0.496 e. The molecular formula is C24H24FN3O2. The number of benzene rings is 2. The van der Waals surface area contributed by atoms with E-state index in [0.29, 0.717) is 6.54 Å². The van der Waals surface area contributed by atoms with Crippen molar-refractivity contribution in [1.29, 1.82) is 0 Å². The summed E-state index contributed by atoms with van der Waals surface area (Å²) in [4.78, 5) is 17.6. The highest BCUT2D eigenvalue weighted by atomic mass is 19.1. The molecule has 1 fully saturated rings. The Morgan fingerprint density at radius 1 is 0.967 bits per heavy atom. The van der Waals surface area contributed by atoms with E-state index in [1.165, 1.54) is 12.1 Å². The van der Waals surface area contributed by atoms with Crippen LogP contribution in [-0.4, -0.2) is 46.5 Å². The van der Waals surface area contributed by atoms with E-state index in [0.717, 1.165) is 42.2 Å². The summed E-state index contributed by atoms with van der Waals surface area (Å²) >= 11 is 0. The average Bonchev–Trinajstić information content (AvgIpc) is 3.40. The van der Waals surface area contributed by atoms with Crippen LogP contribution in [0.1, 0.15) is 27.7 Å². The van der Waals surface area contributed by atoms with Gasteiger partial charge >= 0.3 is 0 Å². The first kappa shape index (κ1) is 18.9. The number of likely N-dealkylation sites (tertiary alicyclic amines) is 1. The number of ether oxygens (including phenoxy) is 1. The second-order valence-electron chi connectivity index (χ2n) is 8.00. The molecule has 1 saturated heterocycles. The molecule has 3 heterocycles. The zero-order valence-electron chi connectivity index (χ0n) is 16.9. The van der Waals surface area contributed by atoms with Crippen LogP contribution < -0.4 is 4.74 Å². The molecule has 6 heteroatoms. The lowest BCUT2D eigenvalue weighted by atomic mass is 10.0. The molecule has 2 aliphatic rings. The summed E-state index contributed by atoms with van der Waals surface area (Å²) < 4.78 is 21.0. The van der Waals surface area contributed by atoms with Crippen LogP contribution in [0.15, 0.2) is 66.9 Å². The Morgan fingerprint density at radius 3 is 2.53 bits per heavy atom. The zero-order chi connectivity index (χ0) is 20.7. The van der Waals surface area contributed by atoms with Gasteiger partial charge in [0.05, 0.1) is 19.2 Å². The van der Waals surface area contributed by atoms with Crippen molar-refractivity contribution in [2.45, 2.75) is 25.2 Å². The van der Waals surface area contributed by atoms with Crippen molar-refractivity contribution in [1.82, 2.24) is 14.4 Å². The third kappa shape index (κ3) is 3.27. The lowest BCUT2D eigenvalue weighted by molar-refractivity contribution is 0.0556. The second kappa shape index (κ2) is 7.61. The fraction of sp³-hybridized carbons (Fsp3) is 0.292. The van der Waals surface area contributed by atoms with Crippen molar-refractivity contribution in [3.63, 3.8) is 0 Å². The zero-order valence-corrected chi connectivity index (χ0v) is 16.9. The van der Waals surface area contributed by atoms with Gasteiger partial charge in [-0.25, -0.2) is 4.39 Å². The fourth-order valence-corrected chi connectivity index (χ4v) is 4.77. The van der Waals surface area contributed by atoms with Gasteiger partial charge in [-0.2, -0.15) is 0 Å². The molecule has 0 saturated carbocycles. The van der Waals surface area contributed by atoms with Crippen molar-refractivity contribution in [3.8, 4) is 5.75 Å². The standard InChI is InChI=1S/C24H24FN3O2/c1-30-23-7-3-2-5-18(23)14-26-15-21-22(16-26)28(13-17-8-10-19(25)11-9-17)24(29)20-6-4-12-27(20)21/h2-12,21-22H,13-16H2,1H3/t21-,22-/m0/s1. The van der Waals surface area contributed by atoms with Gasteiger partial charge in [-0.05, 0) is 35.9 Å². The van der Waals surface area contributed by atoms with E-state index < -0.39 is 0 Å². The number of methoxy groups -OCH3 is 1. The third-order valence-corrected chi connectivity index (χ3v) is 6.20. The topological polar surface area (TPSA) is 37.7 Å². The fourth-order valence-electron chi connectivity index (χ4n) is 4.77. The Bertz CT molecular complexity index is 1060. The molecule has 1 aromatic heterocycles. The highest BCUT2D eigenvalue weighted by Crippen LogP contribution is 2.36. The molecule has 2 aromatic carbocycles. The summed E-state index contributed by atoms with van der Waals surface area (Å²) in [6, 6.07) is 18.6. The molecule has 2 atom stereocenters. The summed E-state index contributed by atoms with van der Waals surface area (Å²) in [5, 5.41) is 0. The summed E-state index contributed by atoms with van der Waals surface area (Å²) in [6.45, 7) is 2.89. The number of carbonyl (C=O) groups excluding carboxylic acids is 1. The van der Waals surface area contributed by atoms with Gasteiger partial charge in [0.2, 0.25) is 0 Å². The Hall–Kier alpha value is -3.12. The number of halogens is 1. The molecule has 1 amide bonds. The number of carbonyl (C=O) groups is 1. The van der Waals surface area contributed by atoms with Crippen molar-refractivity contribution in [2.24, 2.45) is 0 Å². The number of nitrogens with zero attached hydrogens (tertiary/aromatic N) is 3. The molecule has 0 N–H and O–H groups in total. The Morgan fingerprint density at radius 2 is 1.73 bits per heavy atom. The number of hydrogen-bond donors (Lipinski definition) is 0. The van der Waals surface area contributed by atoms with Crippen LogP contribution in [0.3, 0.4) is 0 Å². The Balaban J connectivity index is 1.43. The Kier molecular flexibility index (Phi) is 4.79. The van der Waals surface area contributed by atoms with E-state index >= 15 is 0 Å². The van der Waals surface area contributed by atoms with Crippen LogP contribution in [0.25, 0.3) is 0 Å². The van der Waals surface area contributed by atoms with E-state index in [4.69, 9.17) is 4.74 Å². The van der Waals surface area contributed by atoms with Gasteiger partial charge in [-0.15, -0.1) is 0 Å². The number of rotatable bonds is 5. The van der Waals surface area contributed by atoms with Crippen molar-refractivity contribution >= 4 is 5.91 Å². The molecule has 2 aliphatic heterocycles. The number of aromatic nitrogens is 1. The summed E-state index contributed by atoms with van der Waals surface area (Å²) in [7, 11) is 1.69. The SMILES string of the molecule is COc1ccccc1CN1C[C@H]2[C@H](C1)n1cccc1C(=O)N2Cc1ccc(F)cc1. The van der Waals surface area contributed by atoms with Crippen molar-refractivity contribution in [3.05, 3.63) is 89.5 Å². The van der Waals surface area contributed by atoms with E-state index in [1.54, 1.807) is 19.2 Å². The maximum Gasteiger partial charge on any atom is 0.271 e. The van der Waals surface area contributed by atoms with Gasteiger partial charge in [0.1, 0.15) is 17.3 Å². The van der Waals surface area contributed by atoms with Crippen LogP contribution in [-0.2, 0) is 13.1 Å². The van der Waals surface area contributed by atoms with Gasteiger partial charge < -0.3 is 14.2 Å². The van der Waals surface area contributed by atoms with Crippen molar-refractivity contribution in [2.75, 3.05) is 20.2 Å². The minimum absolute atomic E-state index is 0.0321. The highest BCUT2D eigenvalue weighted by Gasteiger charge is 2.44. The van der Waals surface area contributed by atoms with E-state index in [1.807, 2.05) is 41.4 Å². The monoisotopic (exact) mass is 405 g/mol. The molecule has 5 rings (SSSR count). The minimum Gasteiger partial charge on any atom is -0.496 e. The molecule has 0 radical (unpaired) electrons. The predicted octanol–water partition coefficient (Wildman–Crippen LogP) is 3.72. The number of para-hydroxylation sites is 1. The second-order valence-corrected chi connectivity index (χ2v) is 8.00. The molecule has 30 heavy (non-hydrogen) atoms. The van der Waals surface area contributed by atoms with Crippen LogP contribution in [0, 0.1) is 5.82 Å². The number of fused-ring (bicyclic) bond motifs is 3. The molecule has 154 valence electrons. The van der Waals surface area contributed by atoms with Gasteiger partial charge in [0.25, 0.3) is 5.91 Å². The average molecular weight is 405 g/mol. The van der Waals surface area contributed by atoms with Crippen LogP contribution >= 0.6 is 0 Å². The van der Waals surface area contributed by atoms with Crippen LogP contribution in [0.2, 0.25) is 0 Å². The van der Waals surface area contributed by atoms with Gasteiger partial charge in [0.15, 0.2) is 0 Å². The van der Waals surface area contributed by atoms with Crippen LogP contribution in [0.4, 0.5) is 4.39 Å². The van der Waals surface area contributed by atoms with Crippen LogP contribution in [0.5, 0.6) is 5.75 Å². The summed E-state index contributed by atoms with van der Waals surface area (Å²) in [6.07, 6.45) is 2.01. The van der Waals surface area contributed by atoms with Gasteiger partial charge in [0, 0.05) is 37.9 Å². The first-order valence-electron chi connectivity index (χ1n) is 10.2.